The summed E-state index contributed by atoms with van der Waals surface area (Å²) in [6, 6.07) is 12.2. The first-order chi connectivity index (χ1) is 20.0. The maximum absolute atomic E-state index is 11.0. The van der Waals surface area contributed by atoms with E-state index < -0.39 is 11.1 Å². The molecular weight excluding hydrogens is 532 g/mol. The van der Waals surface area contributed by atoms with Crippen molar-refractivity contribution in [2.75, 3.05) is 0 Å². The largest absolute Gasteiger partial charge is 0.235 e. The van der Waals surface area contributed by atoms with Crippen LogP contribution in [0, 0.1) is 28.6 Å². The first kappa shape index (κ1) is 36.0. The molecule has 6 nitrogen and oxygen atoms in total. The van der Waals surface area contributed by atoms with Crippen molar-refractivity contribution in [2.45, 2.75) is 130 Å². The van der Waals surface area contributed by atoms with Gasteiger partial charge in [-0.05, 0) is 93.7 Å². The van der Waals surface area contributed by atoms with Crippen LogP contribution in [-0.4, -0.2) is 29.2 Å². The van der Waals surface area contributed by atoms with Gasteiger partial charge in [-0.15, -0.1) is 0 Å². The minimum Gasteiger partial charge on any atom is -0.222 e. The fraction of sp³-hybridized carbons (Fsp3) is 0.649. The minimum absolute atomic E-state index is 0.0333. The monoisotopic (exact) mass is 586 g/mol. The van der Waals surface area contributed by atoms with Crippen LogP contribution < -0.4 is 0 Å². The molecule has 0 amide bonds. The summed E-state index contributed by atoms with van der Waals surface area (Å²) in [7, 11) is 0. The second-order valence-corrected chi connectivity index (χ2v) is 14.5. The average Bonchev–Trinajstić information content (AvgIpc) is 2.95. The highest BCUT2D eigenvalue weighted by Crippen LogP contribution is 2.60. The molecular formula is C37H54N4O2. The van der Waals surface area contributed by atoms with Gasteiger partial charge in [-0.25, -0.2) is 25.0 Å². The Morgan fingerprint density at radius 3 is 2.16 bits per heavy atom. The van der Waals surface area contributed by atoms with E-state index in [0.29, 0.717) is 17.8 Å². The number of allylic oxidation sites excluding steroid dienone is 2. The maximum Gasteiger partial charge on any atom is 0.235 e. The van der Waals surface area contributed by atoms with Crippen LogP contribution in [0.1, 0.15) is 119 Å². The van der Waals surface area contributed by atoms with Gasteiger partial charge in [-0.1, -0.05) is 96.9 Å². The molecule has 1 fully saturated rings. The van der Waals surface area contributed by atoms with Gasteiger partial charge in [0.15, 0.2) is 0 Å². The Kier molecular flexibility index (Phi) is 11.8. The van der Waals surface area contributed by atoms with Crippen LogP contribution in [0.4, 0.5) is 0 Å². The van der Waals surface area contributed by atoms with E-state index in [1.165, 1.54) is 30.4 Å². The highest BCUT2D eigenvalue weighted by atomic mass is 16.1. The van der Waals surface area contributed by atoms with Crippen molar-refractivity contribution >= 4 is 18.2 Å². The number of nitrogens with zero attached hydrogens (tertiary/aromatic N) is 3. The predicted molar refractivity (Wildman–Crippen MR) is 177 cm³/mol. The zero-order valence-electron chi connectivity index (χ0n) is 28.5. The molecule has 234 valence electrons. The van der Waals surface area contributed by atoms with E-state index in [4.69, 9.17) is 20.2 Å². The first-order valence-corrected chi connectivity index (χ1v) is 15.8. The number of nitrogens with one attached hydrogen (secondary N) is 1. The molecule has 0 aromatic heterocycles. The van der Waals surface area contributed by atoms with Gasteiger partial charge in [0.2, 0.25) is 12.2 Å². The summed E-state index contributed by atoms with van der Waals surface area (Å²) in [6.45, 7) is 24.5. The molecule has 0 aliphatic heterocycles. The lowest BCUT2D eigenvalue weighted by Crippen LogP contribution is -2.57. The summed E-state index contributed by atoms with van der Waals surface area (Å²) in [4.78, 5) is 33.4. The molecule has 5 atom stereocenters. The SMILES string of the molecule is CCCC(CC)C(C)(C)c1cccc(C(C)(C)N=C=NC2(C)CCC2(C)C2C=C(C(C)(C)N=C=O)C=CC2C)c1.N=C=O. The van der Waals surface area contributed by atoms with Crippen molar-refractivity contribution < 1.29 is 9.59 Å². The van der Waals surface area contributed by atoms with Crippen LogP contribution in [0.5, 0.6) is 0 Å². The van der Waals surface area contributed by atoms with E-state index in [1.807, 2.05) is 13.8 Å². The third-order valence-electron chi connectivity index (χ3n) is 10.7. The van der Waals surface area contributed by atoms with Gasteiger partial charge in [0, 0.05) is 5.41 Å². The summed E-state index contributed by atoms with van der Waals surface area (Å²) in [5, 5.41) is 5.40. The number of hydrogen-bond donors (Lipinski definition) is 1. The van der Waals surface area contributed by atoms with Crippen molar-refractivity contribution in [3.63, 3.8) is 0 Å². The molecule has 0 saturated heterocycles. The Labute approximate surface area is 260 Å². The van der Waals surface area contributed by atoms with E-state index >= 15 is 0 Å². The molecule has 0 heterocycles. The smallest absolute Gasteiger partial charge is 0.222 e. The maximum atomic E-state index is 11.0. The van der Waals surface area contributed by atoms with Gasteiger partial charge >= 0.3 is 0 Å². The van der Waals surface area contributed by atoms with E-state index in [2.05, 4.69) is 116 Å². The van der Waals surface area contributed by atoms with Gasteiger partial charge in [-0.2, -0.15) is 4.99 Å². The molecule has 6 heteroatoms. The lowest BCUT2D eigenvalue weighted by Gasteiger charge is -2.58. The number of isocyanates is 2. The Morgan fingerprint density at radius 2 is 1.63 bits per heavy atom. The zero-order valence-corrected chi connectivity index (χ0v) is 28.5. The zero-order chi connectivity index (χ0) is 32.7. The number of rotatable bonds is 11. The van der Waals surface area contributed by atoms with Crippen molar-refractivity contribution in [3.05, 3.63) is 59.2 Å². The van der Waals surface area contributed by atoms with Crippen molar-refractivity contribution in [1.29, 1.82) is 5.41 Å². The van der Waals surface area contributed by atoms with E-state index in [9.17, 15) is 4.79 Å². The summed E-state index contributed by atoms with van der Waals surface area (Å²) < 4.78 is 0. The van der Waals surface area contributed by atoms with Crippen LogP contribution >= 0.6 is 0 Å². The highest BCUT2D eigenvalue weighted by molar-refractivity contribution is 5.47. The number of benzene rings is 1. The van der Waals surface area contributed by atoms with Crippen molar-refractivity contribution in [3.8, 4) is 0 Å². The third kappa shape index (κ3) is 7.68. The molecule has 2 aliphatic rings. The molecule has 0 radical (unpaired) electrons. The third-order valence-corrected chi connectivity index (χ3v) is 10.7. The average molecular weight is 587 g/mol. The van der Waals surface area contributed by atoms with Crippen molar-refractivity contribution in [2.24, 2.45) is 38.1 Å². The summed E-state index contributed by atoms with van der Waals surface area (Å²) >= 11 is 0. The van der Waals surface area contributed by atoms with Gasteiger partial charge in [0.05, 0.1) is 22.6 Å². The molecule has 5 unspecified atom stereocenters. The van der Waals surface area contributed by atoms with Gasteiger partial charge in [0.1, 0.15) is 0 Å². The fourth-order valence-electron chi connectivity index (χ4n) is 7.00. The van der Waals surface area contributed by atoms with Gasteiger partial charge < -0.3 is 0 Å². The lowest BCUT2D eigenvalue weighted by atomic mass is 9.48. The first-order valence-electron chi connectivity index (χ1n) is 15.8. The lowest BCUT2D eigenvalue weighted by molar-refractivity contribution is -0.0221. The Balaban J connectivity index is 0.00000206. The van der Waals surface area contributed by atoms with E-state index in [0.717, 1.165) is 24.5 Å². The molecule has 1 N–H and O–H groups in total. The molecule has 1 aromatic rings. The standard InChI is InChI=1S/C36H53N3O.CHNO/c1-12-15-27(13-2)32(4,5)28-16-14-17-29(22-28)33(6,7)37-24-38-36(11)21-20-35(36,10)31-23-30(19-18-26(31)3)34(8,9)39-25-40;2-1-3/h14,16-19,22-23,26-27,31H,12-13,15,20-21H2,1-11H3;2H. The Hall–Kier alpha value is -3.16. The summed E-state index contributed by atoms with van der Waals surface area (Å²) in [5.41, 5.74) is 2.46. The van der Waals surface area contributed by atoms with E-state index in [1.54, 1.807) is 6.08 Å². The van der Waals surface area contributed by atoms with Crippen LogP contribution in [0.15, 0.2) is 63.0 Å². The van der Waals surface area contributed by atoms with E-state index in [-0.39, 0.29) is 16.4 Å². The number of hydrogen-bond acceptors (Lipinski definition) is 6. The number of aliphatic imine (C=N–C) groups is 3. The van der Waals surface area contributed by atoms with Crippen LogP contribution in [-0.2, 0) is 20.5 Å². The Morgan fingerprint density at radius 1 is 1.00 bits per heavy atom. The molecule has 1 saturated carbocycles. The second kappa shape index (κ2) is 14.1. The number of carbonyl (C=O) groups excluding carboxylic acids is 2. The molecule has 0 spiro atoms. The summed E-state index contributed by atoms with van der Waals surface area (Å²) in [5.74, 6) is 1.32. The minimum atomic E-state index is -0.585. The molecule has 0 bridgehead atoms. The fourth-order valence-corrected chi connectivity index (χ4v) is 7.00. The molecule has 43 heavy (non-hydrogen) atoms. The van der Waals surface area contributed by atoms with Crippen molar-refractivity contribution in [1.82, 2.24) is 0 Å². The summed E-state index contributed by atoms with van der Waals surface area (Å²) in [6.07, 6.45) is 15.0. The normalized spacial score (nSPS) is 25.8. The highest BCUT2D eigenvalue weighted by Gasteiger charge is 2.58. The molecule has 1 aromatic carbocycles. The molecule has 2 aliphatic carbocycles. The topological polar surface area (TPSA) is 95.1 Å². The van der Waals surface area contributed by atoms with Crippen LogP contribution in [0.3, 0.4) is 0 Å². The quantitative estimate of drug-likeness (QED) is 0.206. The van der Waals surface area contributed by atoms with Crippen LogP contribution in [0.2, 0.25) is 0 Å². The Bertz CT molecular complexity index is 1330. The van der Waals surface area contributed by atoms with Gasteiger partial charge in [0.25, 0.3) is 0 Å². The van der Waals surface area contributed by atoms with Gasteiger partial charge in [-0.3, -0.25) is 0 Å². The predicted octanol–water partition coefficient (Wildman–Crippen LogP) is 9.52. The second-order valence-electron chi connectivity index (χ2n) is 14.5. The van der Waals surface area contributed by atoms with Crippen LogP contribution in [0.25, 0.3) is 0 Å². The molecule has 3 rings (SSSR count).